The van der Waals surface area contributed by atoms with E-state index >= 15 is 0 Å². The van der Waals surface area contributed by atoms with Gasteiger partial charge >= 0.3 is 0 Å². The number of anilines is 1. The van der Waals surface area contributed by atoms with Crippen molar-refractivity contribution in [3.05, 3.63) is 69.8 Å². The summed E-state index contributed by atoms with van der Waals surface area (Å²) in [6, 6.07) is 9.98. The molecule has 0 fully saturated rings. The maximum Gasteiger partial charge on any atom is 0.274 e. The van der Waals surface area contributed by atoms with Gasteiger partial charge in [0.05, 0.1) is 22.4 Å². The van der Waals surface area contributed by atoms with Gasteiger partial charge in [-0.3, -0.25) is 9.59 Å². The van der Waals surface area contributed by atoms with Gasteiger partial charge in [-0.1, -0.05) is 11.6 Å². The Balaban J connectivity index is 1.75. The SMILES string of the molecule is CC(C)NC(=O)c1c(NC(=O)c2cc(Br)nn2-c2ncccc2Cl)ccc2ccnn12. The topological polar surface area (TPSA) is 106 Å². The van der Waals surface area contributed by atoms with E-state index < -0.39 is 5.91 Å². The van der Waals surface area contributed by atoms with E-state index in [-0.39, 0.29) is 23.3 Å². The van der Waals surface area contributed by atoms with Crippen LogP contribution in [0.25, 0.3) is 11.3 Å². The standard InChI is InChI=1S/C20H17BrClN7O2/c1-11(2)25-20(31)17-14(6-5-12-7-9-24-28(12)17)26-19(30)15-10-16(21)27-29(15)18-13(22)4-3-8-23-18/h3-11H,1-2H3,(H,25,31)(H,26,30). The minimum Gasteiger partial charge on any atom is -0.348 e. The first-order chi connectivity index (χ1) is 14.8. The van der Waals surface area contributed by atoms with Crippen LogP contribution < -0.4 is 10.6 Å². The van der Waals surface area contributed by atoms with Gasteiger partial charge in [0.2, 0.25) is 0 Å². The Hall–Kier alpha value is -3.24. The maximum atomic E-state index is 13.2. The van der Waals surface area contributed by atoms with Crippen molar-refractivity contribution >= 4 is 50.5 Å². The van der Waals surface area contributed by atoms with Crippen LogP contribution in [0, 0.1) is 0 Å². The molecule has 0 atom stereocenters. The summed E-state index contributed by atoms with van der Waals surface area (Å²) in [6.45, 7) is 3.71. The number of fused-ring (bicyclic) bond motifs is 1. The molecule has 158 valence electrons. The molecule has 4 rings (SSSR count). The number of hydrogen-bond donors (Lipinski definition) is 2. The van der Waals surface area contributed by atoms with Crippen molar-refractivity contribution in [2.45, 2.75) is 19.9 Å². The number of pyridine rings is 2. The molecular weight excluding hydrogens is 486 g/mol. The molecule has 0 spiro atoms. The quantitative estimate of drug-likeness (QED) is 0.433. The number of hydrogen-bond acceptors (Lipinski definition) is 5. The van der Waals surface area contributed by atoms with E-state index in [0.29, 0.717) is 21.1 Å². The number of aromatic nitrogens is 5. The van der Waals surface area contributed by atoms with Crippen LogP contribution in [-0.2, 0) is 0 Å². The van der Waals surface area contributed by atoms with E-state index in [1.165, 1.54) is 9.20 Å². The molecule has 9 nitrogen and oxygen atoms in total. The molecule has 2 N–H and O–H groups in total. The molecule has 0 radical (unpaired) electrons. The lowest BCUT2D eigenvalue weighted by molar-refractivity contribution is 0.0936. The van der Waals surface area contributed by atoms with Gasteiger partial charge in [-0.2, -0.15) is 10.2 Å². The largest absolute Gasteiger partial charge is 0.348 e. The highest BCUT2D eigenvalue weighted by Gasteiger charge is 2.23. The van der Waals surface area contributed by atoms with E-state index in [1.54, 1.807) is 48.8 Å². The first kappa shape index (κ1) is 21.0. The average molecular weight is 503 g/mol. The van der Waals surface area contributed by atoms with Gasteiger partial charge in [0.25, 0.3) is 11.8 Å². The minimum absolute atomic E-state index is 0.0921. The van der Waals surface area contributed by atoms with Crippen LogP contribution >= 0.6 is 27.5 Å². The van der Waals surface area contributed by atoms with Crippen molar-refractivity contribution in [3.8, 4) is 5.82 Å². The Kier molecular flexibility index (Phi) is 5.75. The zero-order chi connectivity index (χ0) is 22.1. The lowest BCUT2D eigenvalue weighted by atomic mass is 10.2. The van der Waals surface area contributed by atoms with Crippen LogP contribution in [0.2, 0.25) is 5.02 Å². The second-order valence-corrected chi connectivity index (χ2v) is 8.14. The first-order valence-corrected chi connectivity index (χ1v) is 10.5. The van der Waals surface area contributed by atoms with E-state index in [0.717, 1.165) is 5.52 Å². The van der Waals surface area contributed by atoms with Crippen molar-refractivity contribution < 1.29 is 9.59 Å². The van der Waals surface area contributed by atoms with Crippen LogP contribution in [0.5, 0.6) is 0 Å². The molecule has 0 unspecified atom stereocenters. The summed E-state index contributed by atoms with van der Waals surface area (Å²) in [7, 11) is 0. The van der Waals surface area contributed by atoms with E-state index in [2.05, 4.69) is 41.7 Å². The van der Waals surface area contributed by atoms with Crippen LogP contribution in [-0.4, -0.2) is 42.2 Å². The number of halogens is 2. The van der Waals surface area contributed by atoms with Crippen LogP contribution in [0.15, 0.2) is 53.4 Å². The van der Waals surface area contributed by atoms with Gasteiger partial charge in [0, 0.05) is 18.3 Å². The molecule has 0 aromatic carbocycles. The van der Waals surface area contributed by atoms with Crippen molar-refractivity contribution in [1.82, 2.24) is 29.7 Å². The molecule has 4 aromatic heterocycles. The van der Waals surface area contributed by atoms with Gasteiger partial charge < -0.3 is 10.6 Å². The molecular formula is C20H17BrClN7O2. The molecule has 31 heavy (non-hydrogen) atoms. The molecule has 0 aliphatic heterocycles. The highest BCUT2D eigenvalue weighted by molar-refractivity contribution is 9.10. The van der Waals surface area contributed by atoms with E-state index in [1.807, 2.05) is 13.8 Å². The molecule has 4 heterocycles. The molecule has 0 saturated heterocycles. The monoisotopic (exact) mass is 501 g/mol. The molecule has 0 bridgehead atoms. The summed E-state index contributed by atoms with van der Waals surface area (Å²) in [4.78, 5) is 30.3. The second kappa shape index (κ2) is 8.48. The summed E-state index contributed by atoms with van der Waals surface area (Å²) in [5, 5.41) is 14.5. The number of carbonyl (C=O) groups excluding carboxylic acids is 2. The zero-order valence-corrected chi connectivity index (χ0v) is 18.8. The average Bonchev–Trinajstić information content (AvgIpc) is 3.34. The highest BCUT2D eigenvalue weighted by atomic mass is 79.9. The Bertz CT molecular complexity index is 1300. The summed E-state index contributed by atoms with van der Waals surface area (Å²) in [5.41, 5.74) is 1.42. The Morgan fingerprint density at radius 1 is 1.13 bits per heavy atom. The fourth-order valence-corrected chi connectivity index (χ4v) is 3.61. The van der Waals surface area contributed by atoms with Crippen molar-refractivity contribution in [2.24, 2.45) is 0 Å². The second-order valence-electron chi connectivity index (χ2n) is 6.92. The number of nitrogens with one attached hydrogen (secondary N) is 2. The van der Waals surface area contributed by atoms with Gasteiger partial charge in [0.1, 0.15) is 10.3 Å². The number of amides is 2. The third-order valence-corrected chi connectivity index (χ3v) is 4.98. The normalized spacial score (nSPS) is 11.1. The fourth-order valence-electron chi connectivity index (χ4n) is 3.03. The molecule has 0 saturated carbocycles. The van der Waals surface area contributed by atoms with Crippen molar-refractivity contribution in [3.63, 3.8) is 0 Å². The summed E-state index contributed by atoms with van der Waals surface area (Å²) in [6.07, 6.45) is 3.14. The molecule has 4 aromatic rings. The van der Waals surface area contributed by atoms with Gasteiger partial charge in [-0.15, -0.1) is 0 Å². The third kappa shape index (κ3) is 4.17. The van der Waals surface area contributed by atoms with Gasteiger partial charge in [-0.05, 0) is 60.1 Å². The summed E-state index contributed by atoms with van der Waals surface area (Å²) < 4.78 is 3.25. The van der Waals surface area contributed by atoms with Crippen LogP contribution in [0.3, 0.4) is 0 Å². The Morgan fingerprint density at radius 3 is 2.68 bits per heavy atom. The minimum atomic E-state index is -0.495. The number of nitrogens with zero attached hydrogens (tertiary/aromatic N) is 5. The predicted molar refractivity (Wildman–Crippen MR) is 120 cm³/mol. The highest BCUT2D eigenvalue weighted by Crippen LogP contribution is 2.23. The van der Waals surface area contributed by atoms with Crippen LogP contribution in [0.4, 0.5) is 5.69 Å². The fraction of sp³-hybridized carbons (Fsp3) is 0.150. The molecule has 2 amide bonds. The van der Waals surface area contributed by atoms with Crippen LogP contribution in [0.1, 0.15) is 34.8 Å². The summed E-state index contributed by atoms with van der Waals surface area (Å²) in [5.74, 6) is -0.549. The molecule has 0 aliphatic carbocycles. The number of carbonyl (C=O) groups is 2. The lowest BCUT2D eigenvalue weighted by Crippen LogP contribution is -2.33. The molecule has 0 aliphatic rings. The summed E-state index contributed by atoms with van der Waals surface area (Å²) >= 11 is 9.53. The van der Waals surface area contributed by atoms with E-state index in [9.17, 15) is 9.59 Å². The zero-order valence-electron chi connectivity index (χ0n) is 16.5. The maximum absolute atomic E-state index is 13.2. The third-order valence-electron chi connectivity index (χ3n) is 4.29. The Morgan fingerprint density at radius 2 is 1.94 bits per heavy atom. The van der Waals surface area contributed by atoms with Crippen molar-refractivity contribution in [1.29, 1.82) is 0 Å². The Labute approximate surface area is 190 Å². The van der Waals surface area contributed by atoms with Gasteiger partial charge in [0.15, 0.2) is 11.5 Å². The molecule has 11 heteroatoms. The lowest BCUT2D eigenvalue weighted by Gasteiger charge is -2.15. The van der Waals surface area contributed by atoms with Crippen molar-refractivity contribution in [2.75, 3.05) is 5.32 Å². The smallest absolute Gasteiger partial charge is 0.274 e. The van der Waals surface area contributed by atoms with E-state index in [4.69, 9.17) is 11.6 Å². The first-order valence-electron chi connectivity index (χ1n) is 9.30. The predicted octanol–water partition coefficient (Wildman–Crippen LogP) is 3.72. The number of rotatable bonds is 5. The van der Waals surface area contributed by atoms with Gasteiger partial charge in [-0.25, -0.2) is 14.2 Å².